The van der Waals surface area contributed by atoms with Gasteiger partial charge in [0.25, 0.3) is 10.1 Å². The molecule has 1 amide bonds. The zero-order valence-corrected chi connectivity index (χ0v) is 24.1. The van der Waals surface area contributed by atoms with Gasteiger partial charge in [-0.1, -0.05) is 96.5 Å². The van der Waals surface area contributed by atoms with E-state index >= 15 is 0 Å². The van der Waals surface area contributed by atoms with E-state index in [9.17, 15) is 18.0 Å². The highest BCUT2D eigenvalue weighted by Crippen LogP contribution is 2.18. The molecule has 0 aliphatic heterocycles. The Morgan fingerprint density at radius 2 is 1.31 bits per heavy atom. The number of ether oxygens (including phenoxy) is 1. The molecule has 0 aliphatic rings. The van der Waals surface area contributed by atoms with Crippen molar-refractivity contribution in [2.45, 2.75) is 108 Å². The molecule has 2 N–H and O–H groups in total. The van der Waals surface area contributed by atoms with Crippen molar-refractivity contribution in [3.63, 3.8) is 0 Å². The number of amides is 1. The van der Waals surface area contributed by atoms with Crippen molar-refractivity contribution in [1.29, 1.82) is 0 Å². The van der Waals surface area contributed by atoms with Gasteiger partial charge in [-0.05, 0) is 48.9 Å². The van der Waals surface area contributed by atoms with Gasteiger partial charge in [-0.2, -0.15) is 8.42 Å². The molecule has 0 saturated heterocycles. The zero-order chi connectivity index (χ0) is 28.3. The average Bonchev–Trinajstić information content (AvgIpc) is 2.90. The number of rotatable bonds is 21. The third-order valence-electron chi connectivity index (χ3n) is 6.68. The molecular weight excluding hydrogens is 514 g/mol. The highest BCUT2D eigenvalue weighted by Gasteiger charge is 2.14. The molecule has 7 nitrogen and oxygen atoms in total. The Morgan fingerprint density at radius 1 is 0.769 bits per heavy atom. The first-order chi connectivity index (χ1) is 18.8. The second-order valence-electron chi connectivity index (χ2n) is 10.1. The molecule has 0 heterocycles. The van der Waals surface area contributed by atoms with E-state index in [4.69, 9.17) is 9.29 Å². The molecule has 216 valence electrons. The van der Waals surface area contributed by atoms with Gasteiger partial charge in [0.2, 0.25) is 5.91 Å². The molecule has 0 aliphatic carbocycles. The number of ketones is 1. The Kier molecular flexibility index (Phi) is 15.5. The molecule has 0 saturated carbocycles. The van der Waals surface area contributed by atoms with Gasteiger partial charge in [-0.15, -0.1) is 0 Å². The van der Waals surface area contributed by atoms with Gasteiger partial charge in [0.1, 0.15) is 5.75 Å². The van der Waals surface area contributed by atoms with Crippen LogP contribution in [0.5, 0.6) is 5.75 Å². The first-order valence-electron chi connectivity index (χ1n) is 14.4. The van der Waals surface area contributed by atoms with Crippen LogP contribution in [-0.4, -0.2) is 31.3 Å². The van der Waals surface area contributed by atoms with Crippen molar-refractivity contribution in [3.05, 3.63) is 54.1 Å². The SMILES string of the molecule is CCCCCCCCCCCCCCCCOc1ccc(C(=O)CC(=O)Nc2cccc(S(=O)(=O)O)c2)cc1. The van der Waals surface area contributed by atoms with Gasteiger partial charge in [-0.25, -0.2) is 0 Å². The van der Waals surface area contributed by atoms with Crippen molar-refractivity contribution in [2.75, 3.05) is 11.9 Å². The van der Waals surface area contributed by atoms with E-state index < -0.39 is 22.4 Å². The van der Waals surface area contributed by atoms with E-state index in [2.05, 4.69) is 12.2 Å². The highest BCUT2D eigenvalue weighted by atomic mass is 32.2. The Bertz CT molecular complexity index is 1100. The van der Waals surface area contributed by atoms with Crippen LogP contribution in [0.3, 0.4) is 0 Å². The summed E-state index contributed by atoms with van der Waals surface area (Å²) in [5.74, 6) is -0.254. The predicted octanol–water partition coefficient (Wildman–Crippen LogP) is 8.00. The van der Waals surface area contributed by atoms with Crippen LogP contribution in [0.2, 0.25) is 0 Å². The van der Waals surface area contributed by atoms with Crippen molar-refractivity contribution >= 4 is 27.5 Å². The molecule has 2 aromatic rings. The van der Waals surface area contributed by atoms with E-state index in [1.807, 2.05) is 0 Å². The van der Waals surface area contributed by atoms with E-state index in [1.165, 1.54) is 95.2 Å². The lowest BCUT2D eigenvalue weighted by atomic mass is 10.0. The molecule has 0 aromatic heterocycles. The lowest BCUT2D eigenvalue weighted by Gasteiger charge is -2.08. The van der Waals surface area contributed by atoms with Crippen LogP contribution in [0.4, 0.5) is 5.69 Å². The number of anilines is 1. The van der Waals surface area contributed by atoms with Gasteiger partial charge >= 0.3 is 0 Å². The molecule has 0 fully saturated rings. The molecule has 0 atom stereocenters. The van der Waals surface area contributed by atoms with E-state index in [-0.39, 0.29) is 16.4 Å². The van der Waals surface area contributed by atoms with Gasteiger partial charge < -0.3 is 10.1 Å². The number of carbonyl (C=O) groups is 2. The maximum Gasteiger partial charge on any atom is 0.294 e. The molecule has 8 heteroatoms. The minimum absolute atomic E-state index is 0.176. The molecule has 0 unspecified atom stereocenters. The van der Waals surface area contributed by atoms with Crippen molar-refractivity contribution in [2.24, 2.45) is 0 Å². The normalized spacial score (nSPS) is 11.3. The van der Waals surface area contributed by atoms with E-state index in [0.717, 1.165) is 18.9 Å². The maximum atomic E-state index is 12.5. The lowest BCUT2D eigenvalue weighted by molar-refractivity contribution is -0.115. The van der Waals surface area contributed by atoms with Crippen LogP contribution >= 0.6 is 0 Å². The second-order valence-corrected chi connectivity index (χ2v) is 11.5. The van der Waals surface area contributed by atoms with Crippen LogP contribution in [0.25, 0.3) is 0 Å². The standard InChI is InChI=1S/C31H45NO6S/c1-2-3-4-5-6-7-8-9-10-11-12-13-14-15-23-38-28-21-19-26(20-22-28)30(33)25-31(34)32-27-17-16-18-29(24-27)39(35,36)37/h16-22,24H,2-15,23,25H2,1H3,(H,32,34)(H,35,36,37). The van der Waals surface area contributed by atoms with Crippen molar-refractivity contribution in [1.82, 2.24) is 0 Å². The number of unbranched alkanes of at least 4 members (excludes halogenated alkanes) is 13. The van der Waals surface area contributed by atoms with Crippen LogP contribution in [0.1, 0.15) is 114 Å². The fraction of sp³-hybridized carbons (Fsp3) is 0.548. The Balaban J connectivity index is 1.55. The number of hydrogen-bond acceptors (Lipinski definition) is 5. The number of hydrogen-bond donors (Lipinski definition) is 2. The van der Waals surface area contributed by atoms with Crippen LogP contribution in [-0.2, 0) is 14.9 Å². The lowest BCUT2D eigenvalue weighted by Crippen LogP contribution is -2.16. The summed E-state index contributed by atoms with van der Waals surface area (Å²) in [6.07, 6.45) is 18.0. The van der Waals surface area contributed by atoms with Crippen molar-refractivity contribution < 1.29 is 27.3 Å². The van der Waals surface area contributed by atoms with Crippen molar-refractivity contribution in [3.8, 4) is 5.75 Å². The summed E-state index contributed by atoms with van der Waals surface area (Å²) in [5.41, 5.74) is 0.566. The fourth-order valence-corrected chi connectivity index (χ4v) is 4.94. The fourth-order valence-electron chi connectivity index (χ4n) is 4.41. The first kappa shape index (κ1) is 32.5. The monoisotopic (exact) mass is 559 g/mol. The van der Waals surface area contributed by atoms with Gasteiger partial charge in [0.05, 0.1) is 17.9 Å². The average molecular weight is 560 g/mol. The molecule has 2 rings (SSSR count). The molecule has 39 heavy (non-hydrogen) atoms. The van der Waals surface area contributed by atoms with Crippen LogP contribution < -0.4 is 10.1 Å². The van der Waals surface area contributed by atoms with Gasteiger partial charge in [-0.3, -0.25) is 14.1 Å². The predicted molar refractivity (Wildman–Crippen MR) is 156 cm³/mol. The second kappa shape index (κ2) is 18.6. The minimum Gasteiger partial charge on any atom is -0.494 e. The van der Waals surface area contributed by atoms with Gasteiger partial charge in [0.15, 0.2) is 5.78 Å². The van der Waals surface area contributed by atoms with E-state index in [0.29, 0.717) is 17.9 Å². The zero-order valence-electron chi connectivity index (χ0n) is 23.3. The maximum absolute atomic E-state index is 12.5. The summed E-state index contributed by atoms with van der Waals surface area (Å²) in [5, 5.41) is 2.48. The highest BCUT2D eigenvalue weighted by molar-refractivity contribution is 7.85. The summed E-state index contributed by atoms with van der Waals surface area (Å²) in [7, 11) is -4.38. The minimum atomic E-state index is -4.38. The summed E-state index contributed by atoms with van der Waals surface area (Å²) in [6, 6.07) is 11.9. The third-order valence-corrected chi connectivity index (χ3v) is 7.53. The third kappa shape index (κ3) is 14.3. The number of carbonyl (C=O) groups excluding carboxylic acids is 2. The number of nitrogens with one attached hydrogen (secondary N) is 1. The Labute approximate surface area is 234 Å². The summed E-state index contributed by atoms with van der Waals surface area (Å²) in [6.45, 7) is 2.89. The Morgan fingerprint density at radius 3 is 1.85 bits per heavy atom. The molecule has 2 aromatic carbocycles. The van der Waals surface area contributed by atoms with E-state index in [1.54, 1.807) is 24.3 Å². The van der Waals surface area contributed by atoms with Crippen LogP contribution in [0, 0.1) is 0 Å². The number of benzene rings is 2. The first-order valence-corrected chi connectivity index (χ1v) is 15.9. The Hall–Kier alpha value is -2.71. The number of Topliss-reactive ketones (excluding diaryl/α,β-unsaturated/α-hetero) is 1. The topological polar surface area (TPSA) is 110 Å². The van der Waals surface area contributed by atoms with Gasteiger partial charge in [0, 0.05) is 11.3 Å². The molecular formula is C31H45NO6S. The van der Waals surface area contributed by atoms with Crippen LogP contribution in [0.15, 0.2) is 53.4 Å². The molecule has 0 bridgehead atoms. The smallest absolute Gasteiger partial charge is 0.294 e. The molecule has 0 radical (unpaired) electrons. The molecule has 0 spiro atoms. The summed E-state index contributed by atoms with van der Waals surface area (Å²) < 4.78 is 37.4. The largest absolute Gasteiger partial charge is 0.494 e. The quantitative estimate of drug-likeness (QED) is 0.0694. The summed E-state index contributed by atoms with van der Waals surface area (Å²) in [4.78, 5) is 24.3. The summed E-state index contributed by atoms with van der Waals surface area (Å²) >= 11 is 0.